The van der Waals surface area contributed by atoms with Gasteiger partial charge in [-0.25, -0.2) is 9.94 Å². The summed E-state index contributed by atoms with van der Waals surface area (Å²) in [5.74, 6) is 1.06. The van der Waals surface area contributed by atoms with E-state index in [9.17, 15) is 4.79 Å². The van der Waals surface area contributed by atoms with Gasteiger partial charge in [0.15, 0.2) is 0 Å². The molecule has 0 aliphatic heterocycles. The van der Waals surface area contributed by atoms with Crippen molar-refractivity contribution >= 4 is 28.8 Å². The molecule has 126 valence electrons. The van der Waals surface area contributed by atoms with Crippen molar-refractivity contribution in [3.05, 3.63) is 59.2 Å². The van der Waals surface area contributed by atoms with Gasteiger partial charge in [0.05, 0.1) is 22.9 Å². The quantitative estimate of drug-likeness (QED) is 0.462. The van der Waals surface area contributed by atoms with Crippen molar-refractivity contribution in [2.45, 2.75) is 13.8 Å². The molecule has 4 aromatic rings. The Bertz CT molecular complexity index is 1130. The van der Waals surface area contributed by atoms with Crippen molar-refractivity contribution < 1.29 is 9.21 Å². The number of para-hydroxylation sites is 2. The SMILES string of the molecule is Cc1ccc(/C=N/NC(=O)c2c(C)nn3c4ccccc4n(C)c23)o1. The van der Waals surface area contributed by atoms with E-state index in [0.717, 1.165) is 22.4 Å². The number of aryl methyl sites for hydroxylation is 3. The molecule has 7 heteroatoms. The molecule has 0 fully saturated rings. The molecule has 0 aliphatic rings. The first-order chi connectivity index (χ1) is 12.1. The third-order valence-electron chi connectivity index (χ3n) is 4.17. The monoisotopic (exact) mass is 335 g/mol. The van der Waals surface area contributed by atoms with Crippen LogP contribution in [-0.4, -0.2) is 26.3 Å². The Balaban J connectivity index is 1.72. The number of benzene rings is 1. The summed E-state index contributed by atoms with van der Waals surface area (Å²) in [4.78, 5) is 12.6. The van der Waals surface area contributed by atoms with Gasteiger partial charge in [-0.05, 0) is 38.1 Å². The highest BCUT2D eigenvalue weighted by Crippen LogP contribution is 2.24. The van der Waals surface area contributed by atoms with Crippen molar-refractivity contribution in [2.75, 3.05) is 0 Å². The predicted octanol–water partition coefficient (Wildman–Crippen LogP) is 2.80. The summed E-state index contributed by atoms with van der Waals surface area (Å²) in [5, 5.41) is 8.50. The standard InChI is InChI=1S/C18H17N5O2/c1-11-8-9-13(25-11)10-19-20-17(24)16-12(2)21-23-15-7-5-4-6-14(15)22(3)18(16)23/h4-10H,1-3H3,(H,20,24)/b19-10+. The fourth-order valence-electron chi connectivity index (χ4n) is 3.03. The minimum absolute atomic E-state index is 0.307. The van der Waals surface area contributed by atoms with Crippen LogP contribution in [0.3, 0.4) is 0 Å². The summed E-state index contributed by atoms with van der Waals surface area (Å²) in [6, 6.07) is 11.5. The fourth-order valence-corrected chi connectivity index (χ4v) is 3.03. The molecule has 4 rings (SSSR count). The molecule has 1 aromatic carbocycles. The lowest BCUT2D eigenvalue weighted by Gasteiger charge is -2.01. The van der Waals surface area contributed by atoms with E-state index in [1.54, 1.807) is 10.6 Å². The number of imidazole rings is 1. The Morgan fingerprint density at radius 3 is 2.68 bits per heavy atom. The zero-order chi connectivity index (χ0) is 17.6. The number of nitrogens with one attached hydrogen (secondary N) is 1. The van der Waals surface area contributed by atoms with E-state index < -0.39 is 0 Å². The smallest absolute Gasteiger partial charge is 0.277 e. The Morgan fingerprint density at radius 2 is 1.96 bits per heavy atom. The number of hydrazone groups is 1. The maximum absolute atomic E-state index is 12.6. The van der Waals surface area contributed by atoms with Crippen LogP contribution in [-0.2, 0) is 7.05 Å². The second kappa shape index (κ2) is 5.62. The number of amides is 1. The number of carbonyl (C=O) groups is 1. The summed E-state index contributed by atoms with van der Waals surface area (Å²) < 4.78 is 9.14. The van der Waals surface area contributed by atoms with Crippen LogP contribution < -0.4 is 5.43 Å². The van der Waals surface area contributed by atoms with E-state index in [-0.39, 0.29) is 5.91 Å². The zero-order valence-corrected chi connectivity index (χ0v) is 14.1. The van der Waals surface area contributed by atoms with Crippen LogP contribution in [0.4, 0.5) is 0 Å². The molecule has 3 aromatic heterocycles. The molecule has 0 unspecified atom stereocenters. The van der Waals surface area contributed by atoms with Crippen molar-refractivity contribution in [1.29, 1.82) is 0 Å². The van der Waals surface area contributed by atoms with Gasteiger partial charge in [0.25, 0.3) is 5.91 Å². The number of rotatable bonds is 3. The summed E-state index contributed by atoms with van der Waals surface area (Å²) in [6.45, 7) is 3.67. The van der Waals surface area contributed by atoms with Gasteiger partial charge in [-0.2, -0.15) is 10.2 Å². The maximum Gasteiger partial charge on any atom is 0.277 e. The maximum atomic E-state index is 12.6. The summed E-state index contributed by atoms with van der Waals surface area (Å²) in [5.41, 5.74) is 6.41. The molecule has 1 amide bonds. The average molecular weight is 335 g/mol. The Kier molecular flexibility index (Phi) is 3.42. The number of aromatic nitrogens is 3. The van der Waals surface area contributed by atoms with Gasteiger partial charge >= 0.3 is 0 Å². The van der Waals surface area contributed by atoms with Crippen LogP contribution in [0.15, 0.2) is 45.9 Å². The van der Waals surface area contributed by atoms with Crippen LogP contribution in [0.5, 0.6) is 0 Å². The lowest BCUT2D eigenvalue weighted by Crippen LogP contribution is -2.19. The van der Waals surface area contributed by atoms with Gasteiger partial charge in [0.1, 0.15) is 22.7 Å². The van der Waals surface area contributed by atoms with E-state index >= 15 is 0 Å². The highest BCUT2D eigenvalue weighted by Gasteiger charge is 2.22. The molecule has 0 radical (unpaired) electrons. The molecule has 0 saturated carbocycles. The Labute approximate surface area is 143 Å². The lowest BCUT2D eigenvalue weighted by atomic mass is 10.2. The number of furan rings is 1. The molecular formula is C18H17N5O2. The Morgan fingerprint density at radius 1 is 1.20 bits per heavy atom. The zero-order valence-electron chi connectivity index (χ0n) is 14.1. The number of carbonyl (C=O) groups excluding carboxylic acids is 1. The third-order valence-corrected chi connectivity index (χ3v) is 4.17. The molecule has 0 aliphatic carbocycles. The Hall–Kier alpha value is -3.35. The molecular weight excluding hydrogens is 318 g/mol. The number of nitrogens with zero attached hydrogens (tertiary/aromatic N) is 4. The van der Waals surface area contributed by atoms with Crippen molar-refractivity contribution in [3.63, 3.8) is 0 Å². The molecule has 0 saturated heterocycles. The van der Waals surface area contributed by atoms with Crippen molar-refractivity contribution in [1.82, 2.24) is 19.6 Å². The number of hydrogen-bond donors (Lipinski definition) is 1. The second-order valence-electron chi connectivity index (χ2n) is 5.89. The van der Waals surface area contributed by atoms with Gasteiger partial charge in [0.2, 0.25) is 0 Å². The minimum atomic E-state index is -0.307. The normalized spacial score (nSPS) is 11.8. The first-order valence-corrected chi connectivity index (χ1v) is 7.89. The minimum Gasteiger partial charge on any atom is -0.460 e. The first kappa shape index (κ1) is 15.2. The van der Waals surface area contributed by atoms with Gasteiger partial charge in [-0.15, -0.1) is 0 Å². The van der Waals surface area contributed by atoms with Crippen LogP contribution >= 0.6 is 0 Å². The highest BCUT2D eigenvalue weighted by atomic mass is 16.3. The number of hydrogen-bond acceptors (Lipinski definition) is 4. The average Bonchev–Trinajstić information content (AvgIpc) is 3.23. The summed E-state index contributed by atoms with van der Waals surface area (Å²) >= 11 is 0. The van der Waals surface area contributed by atoms with Gasteiger partial charge in [-0.3, -0.25) is 4.79 Å². The van der Waals surface area contributed by atoms with Crippen LogP contribution in [0.2, 0.25) is 0 Å². The van der Waals surface area contributed by atoms with E-state index in [2.05, 4.69) is 15.6 Å². The molecule has 7 nitrogen and oxygen atoms in total. The molecule has 1 N–H and O–H groups in total. The van der Waals surface area contributed by atoms with E-state index in [1.807, 2.05) is 55.8 Å². The van der Waals surface area contributed by atoms with Crippen LogP contribution in [0.25, 0.3) is 16.7 Å². The summed E-state index contributed by atoms with van der Waals surface area (Å²) in [7, 11) is 1.92. The first-order valence-electron chi connectivity index (χ1n) is 7.89. The largest absolute Gasteiger partial charge is 0.460 e. The second-order valence-corrected chi connectivity index (χ2v) is 5.89. The van der Waals surface area contributed by atoms with Gasteiger partial charge in [-0.1, -0.05) is 12.1 Å². The van der Waals surface area contributed by atoms with Crippen LogP contribution in [0, 0.1) is 13.8 Å². The highest BCUT2D eigenvalue weighted by molar-refractivity contribution is 6.03. The van der Waals surface area contributed by atoms with E-state index in [4.69, 9.17) is 4.42 Å². The van der Waals surface area contributed by atoms with E-state index in [1.165, 1.54) is 6.21 Å². The molecule has 3 heterocycles. The van der Waals surface area contributed by atoms with Crippen LogP contribution in [0.1, 0.15) is 27.6 Å². The topological polar surface area (TPSA) is 76.8 Å². The lowest BCUT2D eigenvalue weighted by molar-refractivity contribution is 0.0956. The third kappa shape index (κ3) is 2.40. The fraction of sp³-hybridized carbons (Fsp3) is 0.167. The molecule has 0 bridgehead atoms. The molecule has 0 spiro atoms. The predicted molar refractivity (Wildman–Crippen MR) is 94.9 cm³/mol. The molecule has 0 atom stereocenters. The van der Waals surface area contributed by atoms with Gasteiger partial charge < -0.3 is 8.98 Å². The van der Waals surface area contributed by atoms with Gasteiger partial charge in [0, 0.05) is 7.05 Å². The van der Waals surface area contributed by atoms with E-state index in [0.29, 0.717) is 17.0 Å². The van der Waals surface area contributed by atoms with Crippen molar-refractivity contribution in [3.8, 4) is 0 Å². The number of fused-ring (bicyclic) bond motifs is 3. The molecule has 25 heavy (non-hydrogen) atoms. The van der Waals surface area contributed by atoms with Crippen molar-refractivity contribution in [2.24, 2.45) is 12.1 Å². The summed E-state index contributed by atoms with van der Waals surface area (Å²) in [6.07, 6.45) is 1.47.